The van der Waals surface area contributed by atoms with E-state index in [1.807, 2.05) is 19.1 Å². The Morgan fingerprint density at radius 3 is 2.30 bits per heavy atom. The number of Topliss-reactive ketones (excluding diaryl/α,β-unsaturated/α-hetero) is 1. The van der Waals surface area contributed by atoms with Gasteiger partial charge in [0.2, 0.25) is 0 Å². The first-order chi connectivity index (χ1) is 9.22. The van der Waals surface area contributed by atoms with Gasteiger partial charge in [-0.1, -0.05) is 12.1 Å². The molecular weight excluding hydrogens is 278 g/mol. The van der Waals surface area contributed by atoms with Gasteiger partial charge in [0.25, 0.3) is 11.7 Å². The van der Waals surface area contributed by atoms with E-state index in [-0.39, 0.29) is 12.3 Å². The normalized spacial score (nSPS) is 14.8. The maximum absolute atomic E-state index is 12.0. The third kappa shape index (κ3) is 2.60. The quantitative estimate of drug-likeness (QED) is 0.784. The molecule has 0 fully saturated rings. The van der Waals surface area contributed by atoms with E-state index >= 15 is 0 Å². The lowest BCUT2D eigenvalue weighted by Gasteiger charge is -2.18. The van der Waals surface area contributed by atoms with Gasteiger partial charge in [0.05, 0.1) is 17.0 Å². The summed E-state index contributed by atoms with van der Waals surface area (Å²) in [4.78, 5) is 25.5. The number of hydrogen-bond acceptors (Lipinski definition) is 4. The van der Waals surface area contributed by atoms with Gasteiger partial charge >= 0.3 is 0 Å². The monoisotopic (exact) mass is 295 g/mol. The van der Waals surface area contributed by atoms with Crippen LogP contribution in [0.3, 0.4) is 0 Å². The molecule has 0 radical (unpaired) electrons. The van der Waals surface area contributed by atoms with Crippen LogP contribution in [0.4, 0.5) is 5.69 Å². The van der Waals surface area contributed by atoms with Crippen molar-refractivity contribution in [2.45, 2.75) is 20.3 Å². The molecule has 0 saturated carbocycles. The van der Waals surface area contributed by atoms with Crippen LogP contribution in [0.5, 0.6) is 0 Å². The Hall–Kier alpha value is -1.69. The number of carbonyl (C=O) groups excluding carboxylic acids is 2. The van der Waals surface area contributed by atoms with E-state index in [4.69, 9.17) is 0 Å². The van der Waals surface area contributed by atoms with E-state index in [1.54, 1.807) is 6.92 Å². The van der Waals surface area contributed by atoms with Gasteiger partial charge in [-0.2, -0.15) is 0 Å². The first-order valence-electron chi connectivity index (χ1n) is 6.36. The number of anilines is 1. The van der Waals surface area contributed by atoms with Crippen LogP contribution in [0.15, 0.2) is 12.1 Å². The predicted octanol–water partition coefficient (Wildman–Crippen LogP) is 1.27. The van der Waals surface area contributed by atoms with Crippen molar-refractivity contribution < 1.29 is 18.0 Å². The van der Waals surface area contributed by atoms with Crippen molar-refractivity contribution >= 4 is 27.2 Å². The molecule has 0 aliphatic carbocycles. The van der Waals surface area contributed by atoms with E-state index < -0.39 is 21.5 Å². The van der Waals surface area contributed by atoms with Crippen LogP contribution < -0.4 is 4.90 Å². The van der Waals surface area contributed by atoms with Crippen LogP contribution in [-0.2, 0) is 14.6 Å². The number of hydrogen-bond donors (Lipinski definition) is 0. The Morgan fingerprint density at radius 2 is 1.70 bits per heavy atom. The molecule has 20 heavy (non-hydrogen) atoms. The first-order valence-corrected chi connectivity index (χ1v) is 8.42. The number of fused-ring (bicyclic) bond motifs is 1. The summed E-state index contributed by atoms with van der Waals surface area (Å²) >= 11 is 0. The molecule has 0 aromatic heterocycles. The van der Waals surface area contributed by atoms with Crippen LogP contribution in [0.1, 0.15) is 27.9 Å². The van der Waals surface area contributed by atoms with Crippen LogP contribution in [0.25, 0.3) is 0 Å². The highest BCUT2D eigenvalue weighted by atomic mass is 32.2. The van der Waals surface area contributed by atoms with Crippen LogP contribution in [-0.4, -0.2) is 38.7 Å². The molecule has 5 nitrogen and oxygen atoms in total. The third-order valence-corrected chi connectivity index (χ3v) is 4.45. The van der Waals surface area contributed by atoms with Crippen LogP contribution >= 0.6 is 0 Å². The average Bonchev–Trinajstić information content (AvgIpc) is 2.58. The van der Waals surface area contributed by atoms with Gasteiger partial charge in [-0.25, -0.2) is 8.42 Å². The fraction of sp³-hybridized carbons (Fsp3) is 0.429. The van der Waals surface area contributed by atoms with Gasteiger partial charge < -0.3 is 4.90 Å². The lowest BCUT2D eigenvalue weighted by Crippen LogP contribution is -2.31. The summed E-state index contributed by atoms with van der Waals surface area (Å²) in [5, 5.41) is 0. The summed E-state index contributed by atoms with van der Waals surface area (Å²) in [6.45, 7) is 3.88. The minimum absolute atomic E-state index is 0.00513. The molecule has 6 heteroatoms. The summed E-state index contributed by atoms with van der Waals surface area (Å²) in [6, 6.07) is 3.68. The number of benzene rings is 1. The van der Waals surface area contributed by atoms with E-state index in [9.17, 15) is 18.0 Å². The molecule has 1 heterocycles. The van der Waals surface area contributed by atoms with Crippen molar-refractivity contribution in [1.82, 2.24) is 0 Å². The van der Waals surface area contributed by atoms with Gasteiger partial charge in [-0.15, -0.1) is 0 Å². The molecule has 0 N–H and O–H groups in total. The molecule has 108 valence electrons. The van der Waals surface area contributed by atoms with E-state index in [0.29, 0.717) is 17.7 Å². The highest BCUT2D eigenvalue weighted by Gasteiger charge is 2.37. The molecule has 1 aromatic rings. The SMILES string of the molecule is Cc1ccc(C)c2c1C(=O)C(=O)N2CCCS(C)(=O)=O. The molecule has 0 unspecified atom stereocenters. The molecule has 0 spiro atoms. The summed E-state index contributed by atoms with van der Waals surface area (Å²) in [5.41, 5.74) is 2.71. The van der Waals surface area contributed by atoms with Crippen LogP contribution in [0, 0.1) is 13.8 Å². The van der Waals surface area contributed by atoms with Crippen molar-refractivity contribution in [2.75, 3.05) is 23.5 Å². The van der Waals surface area contributed by atoms with Crippen molar-refractivity contribution in [3.8, 4) is 0 Å². The number of sulfone groups is 1. The number of carbonyl (C=O) groups is 2. The predicted molar refractivity (Wildman–Crippen MR) is 76.9 cm³/mol. The maximum Gasteiger partial charge on any atom is 0.299 e. The summed E-state index contributed by atoms with van der Waals surface area (Å²) in [6.07, 6.45) is 1.48. The number of rotatable bonds is 4. The van der Waals surface area contributed by atoms with Crippen molar-refractivity contribution in [3.63, 3.8) is 0 Å². The Morgan fingerprint density at radius 1 is 1.10 bits per heavy atom. The Balaban J connectivity index is 2.31. The van der Waals surface area contributed by atoms with Gasteiger partial charge in [-0.05, 0) is 31.4 Å². The zero-order valence-corrected chi connectivity index (χ0v) is 12.6. The molecule has 0 atom stereocenters. The Kier molecular flexibility index (Phi) is 3.69. The minimum atomic E-state index is -3.07. The van der Waals surface area contributed by atoms with Crippen molar-refractivity contribution in [3.05, 3.63) is 28.8 Å². The molecule has 2 rings (SSSR count). The van der Waals surface area contributed by atoms with Crippen LogP contribution in [0.2, 0.25) is 0 Å². The molecule has 1 aliphatic heterocycles. The largest absolute Gasteiger partial charge is 0.304 e. The number of nitrogens with zero attached hydrogens (tertiary/aromatic N) is 1. The molecular formula is C14H17NO4S. The second-order valence-electron chi connectivity index (χ2n) is 5.19. The van der Waals surface area contributed by atoms with Gasteiger partial charge in [0.1, 0.15) is 9.84 Å². The lowest BCUT2D eigenvalue weighted by molar-refractivity contribution is -0.114. The number of ketones is 1. The third-order valence-electron chi connectivity index (χ3n) is 3.42. The zero-order chi connectivity index (χ0) is 15.1. The van der Waals surface area contributed by atoms with Crippen molar-refractivity contribution in [1.29, 1.82) is 0 Å². The topological polar surface area (TPSA) is 71.5 Å². The highest BCUT2D eigenvalue weighted by Crippen LogP contribution is 2.34. The van der Waals surface area contributed by atoms with E-state index in [0.717, 1.165) is 17.4 Å². The fourth-order valence-electron chi connectivity index (χ4n) is 2.46. The summed E-state index contributed by atoms with van der Waals surface area (Å²) in [5.74, 6) is -1.06. The van der Waals surface area contributed by atoms with Crippen molar-refractivity contribution in [2.24, 2.45) is 0 Å². The molecule has 0 bridgehead atoms. The first kappa shape index (κ1) is 14.7. The number of aryl methyl sites for hydroxylation is 2. The summed E-state index contributed by atoms with van der Waals surface area (Å²) in [7, 11) is -3.07. The zero-order valence-electron chi connectivity index (χ0n) is 11.8. The standard InChI is InChI=1S/C14H17NO4S/c1-9-5-6-10(2)12-11(9)13(16)14(17)15(12)7-4-8-20(3,18)19/h5-6H,4,7-8H2,1-3H3. The smallest absolute Gasteiger partial charge is 0.299 e. The summed E-state index contributed by atoms with van der Waals surface area (Å²) < 4.78 is 22.3. The highest BCUT2D eigenvalue weighted by molar-refractivity contribution is 7.90. The molecule has 1 aliphatic rings. The number of amides is 1. The maximum atomic E-state index is 12.0. The average molecular weight is 295 g/mol. The minimum Gasteiger partial charge on any atom is -0.304 e. The molecule has 1 aromatic carbocycles. The molecule has 0 saturated heterocycles. The lowest BCUT2D eigenvalue weighted by atomic mass is 10.0. The Labute approximate surface area is 118 Å². The van der Waals surface area contributed by atoms with Gasteiger partial charge in [-0.3, -0.25) is 9.59 Å². The Bertz CT molecular complexity index is 691. The second-order valence-corrected chi connectivity index (χ2v) is 7.45. The van der Waals surface area contributed by atoms with Gasteiger partial charge in [0.15, 0.2) is 0 Å². The van der Waals surface area contributed by atoms with Gasteiger partial charge in [0, 0.05) is 12.8 Å². The van der Waals surface area contributed by atoms with E-state index in [2.05, 4.69) is 0 Å². The molecule has 1 amide bonds. The second kappa shape index (κ2) is 5.01. The van der Waals surface area contributed by atoms with E-state index in [1.165, 1.54) is 4.90 Å². The fourth-order valence-corrected chi connectivity index (χ4v) is 3.11.